The molecule has 0 saturated heterocycles. The van der Waals surface area contributed by atoms with Crippen LogP contribution in [0.2, 0.25) is 0 Å². The third-order valence-corrected chi connectivity index (χ3v) is 1.22. The van der Waals surface area contributed by atoms with Gasteiger partial charge in [0.15, 0.2) is 0 Å². The predicted octanol–water partition coefficient (Wildman–Crippen LogP) is 0.715. The number of hydrogen-bond donors (Lipinski definition) is 1. The number of nitrogens with zero attached hydrogens (tertiary/aromatic N) is 1. The van der Waals surface area contributed by atoms with Crippen molar-refractivity contribution in [3.8, 4) is 12.3 Å². The zero-order valence-electron chi connectivity index (χ0n) is 5.49. The molecular weight excluding hydrogens is 124 g/mol. The van der Waals surface area contributed by atoms with E-state index in [0.717, 1.165) is 5.56 Å². The largest absolute Gasteiger partial charge is 0.314 e. The highest BCUT2D eigenvalue weighted by atomic mass is 14.7. The van der Waals surface area contributed by atoms with Crippen molar-refractivity contribution >= 4 is 0 Å². The second kappa shape index (κ2) is 3.00. The molecule has 10 heavy (non-hydrogen) atoms. The molecule has 2 heteroatoms. The van der Waals surface area contributed by atoms with Gasteiger partial charge in [-0.3, -0.25) is 4.98 Å². The lowest BCUT2D eigenvalue weighted by Crippen LogP contribution is -2.06. The highest BCUT2D eigenvalue weighted by molar-refractivity contribution is 5.20. The van der Waals surface area contributed by atoms with Gasteiger partial charge >= 0.3 is 0 Å². The van der Waals surface area contributed by atoms with Gasteiger partial charge in [0, 0.05) is 12.4 Å². The predicted molar refractivity (Wildman–Crippen MR) is 40.0 cm³/mol. The molecule has 2 N–H and O–H groups in total. The lowest BCUT2D eigenvalue weighted by Gasteiger charge is -2.00. The quantitative estimate of drug-likeness (QED) is 0.572. The fourth-order valence-electron chi connectivity index (χ4n) is 0.656. The van der Waals surface area contributed by atoms with Crippen LogP contribution in [0.5, 0.6) is 0 Å². The van der Waals surface area contributed by atoms with E-state index in [1.54, 1.807) is 12.4 Å². The van der Waals surface area contributed by atoms with E-state index in [1.165, 1.54) is 0 Å². The topological polar surface area (TPSA) is 38.9 Å². The molecule has 0 saturated carbocycles. The molecule has 1 atom stereocenters. The molecule has 1 aromatic rings. The van der Waals surface area contributed by atoms with Crippen molar-refractivity contribution in [3.63, 3.8) is 0 Å². The van der Waals surface area contributed by atoms with E-state index in [2.05, 4.69) is 10.9 Å². The minimum Gasteiger partial charge on any atom is -0.314 e. The first kappa shape index (κ1) is 6.79. The summed E-state index contributed by atoms with van der Waals surface area (Å²) in [5, 5.41) is 0. The van der Waals surface area contributed by atoms with E-state index in [1.807, 2.05) is 12.1 Å². The zero-order chi connectivity index (χ0) is 7.40. The van der Waals surface area contributed by atoms with Gasteiger partial charge in [0.1, 0.15) is 0 Å². The molecule has 0 unspecified atom stereocenters. The maximum absolute atomic E-state index is 5.52. The van der Waals surface area contributed by atoms with Crippen LogP contribution >= 0.6 is 0 Å². The Kier molecular flexibility index (Phi) is 2.03. The summed E-state index contributed by atoms with van der Waals surface area (Å²) in [5.74, 6) is 2.42. The Morgan fingerprint density at radius 1 is 1.70 bits per heavy atom. The summed E-state index contributed by atoms with van der Waals surface area (Å²) in [6, 6.07) is 3.35. The van der Waals surface area contributed by atoms with Crippen molar-refractivity contribution in [2.24, 2.45) is 5.73 Å². The lowest BCUT2D eigenvalue weighted by atomic mass is 10.1. The van der Waals surface area contributed by atoms with Gasteiger partial charge in [0.2, 0.25) is 0 Å². The van der Waals surface area contributed by atoms with Crippen LogP contribution in [-0.2, 0) is 0 Å². The molecule has 0 aliphatic carbocycles. The molecular formula is C8H8N2. The molecule has 50 valence electrons. The monoisotopic (exact) mass is 132 g/mol. The smallest absolute Gasteiger partial charge is 0.0933 e. The van der Waals surface area contributed by atoms with Crippen LogP contribution < -0.4 is 5.73 Å². The second-order valence-corrected chi connectivity index (χ2v) is 1.93. The maximum Gasteiger partial charge on any atom is 0.0933 e. The number of rotatable bonds is 1. The molecule has 0 radical (unpaired) electrons. The first-order chi connectivity index (χ1) is 4.84. The van der Waals surface area contributed by atoms with Gasteiger partial charge in [0.25, 0.3) is 0 Å². The molecule has 0 aliphatic heterocycles. The Bertz CT molecular complexity index is 235. The summed E-state index contributed by atoms with van der Waals surface area (Å²) < 4.78 is 0. The Balaban J connectivity index is 2.88. The number of pyridine rings is 1. The fraction of sp³-hybridized carbons (Fsp3) is 0.125. The van der Waals surface area contributed by atoms with Crippen molar-refractivity contribution in [3.05, 3.63) is 30.1 Å². The Hall–Kier alpha value is -1.33. The number of aromatic nitrogens is 1. The van der Waals surface area contributed by atoms with Crippen LogP contribution in [0, 0.1) is 12.3 Å². The number of hydrogen-bond acceptors (Lipinski definition) is 2. The minimum atomic E-state index is -0.325. The highest BCUT2D eigenvalue weighted by Crippen LogP contribution is 2.04. The van der Waals surface area contributed by atoms with Gasteiger partial charge in [-0.15, -0.1) is 6.42 Å². The van der Waals surface area contributed by atoms with E-state index in [-0.39, 0.29) is 6.04 Å². The molecule has 1 aromatic heterocycles. The molecule has 0 aliphatic rings. The zero-order valence-corrected chi connectivity index (χ0v) is 5.49. The summed E-state index contributed by atoms with van der Waals surface area (Å²) in [6.45, 7) is 0. The van der Waals surface area contributed by atoms with Gasteiger partial charge in [-0.05, 0) is 11.6 Å². The first-order valence-electron chi connectivity index (χ1n) is 2.96. The molecule has 0 fully saturated rings. The minimum absolute atomic E-state index is 0.325. The van der Waals surface area contributed by atoms with E-state index in [4.69, 9.17) is 12.2 Å². The maximum atomic E-state index is 5.52. The SMILES string of the molecule is C#C[C@@H](N)c1cccnc1. The van der Waals surface area contributed by atoms with Crippen LogP contribution in [0.1, 0.15) is 11.6 Å². The molecule has 0 bridgehead atoms. The van der Waals surface area contributed by atoms with Gasteiger partial charge in [-0.25, -0.2) is 0 Å². The molecule has 0 aromatic carbocycles. The third-order valence-electron chi connectivity index (χ3n) is 1.22. The Labute approximate surface area is 60.1 Å². The van der Waals surface area contributed by atoms with Crippen LogP contribution in [-0.4, -0.2) is 4.98 Å². The molecule has 0 amide bonds. The average molecular weight is 132 g/mol. The Morgan fingerprint density at radius 3 is 3.00 bits per heavy atom. The van der Waals surface area contributed by atoms with Gasteiger partial charge in [0.05, 0.1) is 6.04 Å². The van der Waals surface area contributed by atoms with Crippen molar-refractivity contribution < 1.29 is 0 Å². The van der Waals surface area contributed by atoms with Crippen molar-refractivity contribution in [1.82, 2.24) is 4.98 Å². The summed E-state index contributed by atoms with van der Waals surface area (Å²) >= 11 is 0. The number of nitrogens with two attached hydrogens (primary N) is 1. The van der Waals surface area contributed by atoms with Crippen LogP contribution in [0.3, 0.4) is 0 Å². The van der Waals surface area contributed by atoms with E-state index < -0.39 is 0 Å². The summed E-state index contributed by atoms with van der Waals surface area (Å²) in [5.41, 5.74) is 6.40. The van der Waals surface area contributed by atoms with Crippen LogP contribution in [0.25, 0.3) is 0 Å². The van der Waals surface area contributed by atoms with E-state index in [9.17, 15) is 0 Å². The molecule has 0 spiro atoms. The summed E-state index contributed by atoms with van der Waals surface area (Å²) in [7, 11) is 0. The van der Waals surface area contributed by atoms with Gasteiger partial charge in [-0.2, -0.15) is 0 Å². The molecule has 2 nitrogen and oxygen atoms in total. The van der Waals surface area contributed by atoms with Crippen LogP contribution in [0.4, 0.5) is 0 Å². The normalized spacial score (nSPS) is 12.0. The lowest BCUT2D eigenvalue weighted by molar-refractivity contribution is 0.934. The standard InChI is InChI=1S/C8H8N2/c1-2-8(9)7-4-3-5-10-6-7/h1,3-6,8H,9H2/t8-/m1/s1. The van der Waals surface area contributed by atoms with Crippen molar-refractivity contribution in [1.29, 1.82) is 0 Å². The van der Waals surface area contributed by atoms with Gasteiger partial charge < -0.3 is 5.73 Å². The average Bonchev–Trinajstić information content (AvgIpc) is 2.05. The van der Waals surface area contributed by atoms with Crippen molar-refractivity contribution in [2.75, 3.05) is 0 Å². The number of terminal acetylenes is 1. The second-order valence-electron chi connectivity index (χ2n) is 1.93. The van der Waals surface area contributed by atoms with Crippen LogP contribution in [0.15, 0.2) is 24.5 Å². The van der Waals surface area contributed by atoms with Gasteiger partial charge in [-0.1, -0.05) is 12.0 Å². The fourth-order valence-corrected chi connectivity index (χ4v) is 0.656. The van der Waals surface area contributed by atoms with E-state index >= 15 is 0 Å². The first-order valence-corrected chi connectivity index (χ1v) is 2.96. The highest BCUT2D eigenvalue weighted by Gasteiger charge is 1.98. The third kappa shape index (κ3) is 1.34. The molecule has 1 rings (SSSR count). The summed E-state index contributed by atoms with van der Waals surface area (Å²) in [6.07, 6.45) is 8.46. The molecule has 1 heterocycles. The van der Waals surface area contributed by atoms with Crippen molar-refractivity contribution in [2.45, 2.75) is 6.04 Å². The van der Waals surface area contributed by atoms with E-state index in [0.29, 0.717) is 0 Å². The summed E-state index contributed by atoms with van der Waals surface area (Å²) in [4.78, 5) is 3.88. The Morgan fingerprint density at radius 2 is 2.50 bits per heavy atom.